The zero-order valence-corrected chi connectivity index (χ0v) is 13.6. The first-order valence-electron chi connectivity index (χ1n) is 7.88. The molecule has 0 bridgehead atoms. The lowest BCUT2D eigenvalue weighted by Gasteiger charge is -2.35. The Balaban J connectivity index is 1.70. The number of hydrogen-bond donors (Lipinski definition) is 2. The molecule has 1 unspecified atom stereocenters. The van der Waals surface area contributed by atoms with E-state index in [0.29, 0.717) is 24.2 Å². The van der Waals surface area contributed by atoms with Gasteiger partial charge in [0.15, 0.2) is 0 Å². The summed E-state index contributed by atoms with van der Waals surface area (Å²) in [7, 11) is 0. The van der Waals surface area contributed by atoms with Gasteiger partial charge in [-0.05, 0) is 13.0 Å². The topological polar surface area (TPSA) is 83.3 Å². The zero-order valence-electron chi connectivity index (χ0n) is 13.6. The number of alkyl halides is 3. The lowest BCUT2D eigenvalue weighted by Crippen LogP contribution is -2.57. The first-order valence-corrected chi connectivity index (χ1v) is 7.88. The van der Waals surface area contributed by atoms with Crippen LogP contribution in [0.15, 0.2) is 16.8 Å². The quantitative estimate of drug-likeness (QED) is 0.853. The van der Waals surface area contributed by atoms with E-state index in [1.54, 1.807) is 6.92 Å². The maximum absolute atomic E-state index is 13.3. The van der Waals surface area contributed by atoms with E-state index in [-0.39, 0.29) is 24.4 Å². The Morgan fingerprint density at radius 3 is 2.84 bits per heavy atom. The number of aryl methyl sites for hydroxylation is 1. The Kier molecular flexibility index (Phi) is 4.91. The van der Waals surface area contributed by atoms with Crippen LogP contribution in [0, 0.1) is 6.92 Å². The number of pyridine rings is 1. The Morgan fingerprint density at radius 1 is 1.44 bits per heavy atom. The molecule has 0 saturated carbocycles. The standard InChI is InChI=1S/C15H18F3N5O2/c1-9-11-6-10(7-21-14(11)25-22-9)13(24)20-8-12(15(16,17)18)23-4-2-19-3-5-23/h6-7,12,19H,2-5,8H2,1H3,(H,20,24). The lowest BCUT2D eigenvalue weighted by molar-refractivity contribution is -0.183. The van der Waals surface area contributed by atoms with Crippen LogP contribution < -0.4 is 10.6 Å². The summed E-state index contributed by atoms with van der Waals surface area (Å²) in [5.74, 6) is -0.612. The van der Waals surface area contributed by atoms with Crippen LogP contribution in [-0.2, 0) is 0 Å². The molecule has 10 heteroatoms. The van der Waals surface area contributed by atoms with Gasteiger partial charge in [0.05, 0.1) is 16.6 Å². The smallest absolute Gasteiger partial charge is 0.350 e. The van der Waals surface area contributed by atoms with Crippen LogP contribution >= 0.6 is 0 Å². The van der Waals surface area contributed by atoms with Gasteiger partial charge in [0.2, 0.25) is 0 Å². The number of fused-ring (bicyclic) bond motifs is 1. The molecular weight excluding hydrogens is 339 g/mol. The predicted molar refractivity (Wildman–Crippen MR) is 83.2 cm³/mol. The van der Waals surface area contributed by atoms with Gasteiger partial charge in [0, 0.05) is 38.9 Å². The molecule has 2 aromatic heterocycles. The van der Waals surface area contributed by atoms with E-state index in [9.17, 15) is 18.0 Å². The number of piperazine rings is 1. The summed E-state index contributed by atoms with van der Waals surface area (Å²) in [5, 5.41) is 9.67. The summed E-state index contributed by atoms with van der Waals surface area (Å²) in [6, 6.07) is -0.204. The summed E-state index contributed by atoms with van der Waals surface area (Å²) in [4.78, 5) is 17.5. The van der Waals surface area contributed by atoms with Crippen molar-refractivity contribution < 1.29 is 22.5 Å². The second kappa shape index (κ2) is 6.96. The Morgan fingerprint density at radius 2 is 2.16 bits per heavy atom. The van der Waals surface area contributed by atoms with Crippen LogP contribution in [-0.4, -0.2) is 65.9 Å². The van der Waals surface area contributed by atoms with Gasteiger partial charge in [-0.25, -0.2) is 4.98 Å². The molecule has 7 nitrogen and oxygen atoms in total. The molecule has 0 spiro atoms. The molecule has 2 aromatic rings. The Labute approximate surface area is 141 Å². The predicted octanol–water partition coefficient (Wildman–Crippen LogP) is 1.10. The van der Waals surface area contributed by atoms with Crippen molar-refractivity contribution in [2.45, 2.75) is 19.1 Å². The van der Waals surface area contributed by atoms with Crippen molar-refractivity contribution in [1.29, 1.82) is 0 Å². The van der Waals surface area contributed by atoms with Crippen LogP contribution in [0.2, 0.25) is 0 Å². The van der Waals surface area contributed by atoms with Crippen molar-refractivity contribution in [2.75, 3.05) is 32.7 Å². The molecular formula is C15H18F3N5O2. The van der Waals surface area contributed by atoms with Crippen LogP contribution in [0.1, 0.15) is 16.1 Å². The van der Waals surface area contributed by atoms with E-state index >= 15 is 0 Å². The highest BCUT2D eigenvalue weighted by atomic mass is 19.4. The van der Waals surface area contributed by atoms with Crippen molar-refractivity contribution in [1.82, 2.24) is 25.7 Å². The van der Waals surface area contributed by atoms with Crippen LogP contribution in [0.4, 0.5) is 13.2 Å². The number of carbonyl (C=O) groups excluding carboxylic acids is 1. The third-order valence-electron chi connectivity index (χ3n) is 4.20. The Hall–Kier alpha value is -2.20. The Bertz CT molecular complexity index is 755. The summed E-state index contributed by atoms with van der Waals surface area (Å²) < 4.78 is 44.9. The summed E-state index contributed by atoms with van der Waals surface area (Å²) in [5.41, 5.74) is 1.01. The lowest BCUT2D eigenvalue weighted by atomic mass is 10.1. The van der Waals surface area contributed by atoms with Crippen molar-refractivity contribution in [2.24, 2.45) is 0 Å². The highest BCUT2D eigenvalue weighted by molar-refractivity contribution is 5.96. The van der Waals surface area contributed by atoms with Crippen LogP contribution in [0.3, 0.4) is 0 Å². The highest BCUT2D eigenvalue weighted by Gasteiger charge is 2.43. The van der Waals surface area contributed by atoms with E-state index in [1.807, 2.05) is 0 Å². The van der Waals surface area contributed by atoms with Gasteiger partial charge in [-0.3, -0.25) is 9.69 Å². The van der Waals surface area contributed by atoms with Gasteiger partial charge in [0.25, 0.3) is 11.6 Å². The fourth-order valence-corrected chi connectivity index (χ4v) is 2.81. The molecule has 0 radical (unpaired) electrons. The number of hydrogen-bond acceptors (Lipinski definition) is 6. The molecule has 2 N–H and O–H groups in total. The van der Waals surface area contributed by atoms with Gasteiger partial charge >= 0.3 is 6.18 Å². The number of halogens is 3. The second-order valence-electron chi connectivity index (χ2n) is 5.90. The van der Waals surface area contributed by atoms with Gasteiger partial charge in [-0.2, -0.15) is 13.2 Å². The zero-order chi connectivity index (χ0) is 18.0. The molecule has 1 saturated heterocycles. The number of aromatic nitrogens is 2. The summed E-state index contributed by atoms with van der Waals surface area (Å²) in [6.45, 7) is 2.74. The minimum atomic E-state index is -4.42. The van der Waals surface area contributed by atoms with Crippen LogP contribution in [0.5, 0.6) is 0 Å². The van der Waals surface area contributed by atoms with E-state index in [0.717, 1.165) is 0 Å². The van der Waals surface area contributed by atoms with Gasteiger partial charge in [0.1, 0.15) is 6.04 Å². The van der Waals surface area contributed by atoms with E-state index < -0.39 is 24.7 Å². The van der Waals surface area contributed by atoms with E-state index in [4.69, 9.17) is 4.52 Å². The molecule has 136 valence electrons. The fourth-order valence-electron chi connectivity index (χ4n) is 2.81. The number of nitrogens with one attached hydrogen (secondary N) is 2. The average molecular weight is 357 g/mol. The molecule has 0 aliphatic carbocycles. The first kappa shape index (κ1) is 17.6. The third-order valence-corrected chi connectivity index (χ3v) is 4.20. The molecule has 25 heavy (non-hydrogen) atoms. The van der Waals surface area contributed by atoms with Gasteiger partial charge in [-0.1, -0.05) is 5.16 Å². The number of carbonyl (C=O) groups is 1. The fraction of sp³-hybridized carbons (Fsp3) is 0.533. The molecule has 3 heterocycles. The van der Waals surface area contributed by atoms with Gasteiger partial charge < -0.3 is 15.2 Å². The summed E-state index contributed by atoms with van der Waals surface area (Å²) in [6.07, 6.45) is -3.16. The first-order chi connectivity index (χ1) is 11.9. The van der Waals surface area contributed by atoms with Crippen LogP contribution in [0.25, 0.3) is 11.1 Å². The van der Waals surface area contributed by atoms with Crippen molar-refractivity contribution >= 4 is 17.0 Å². The maximum atomic E-state index is 13.3. The monoisotopic (exact) mass is 357 g/mol. The normalized spacial score (nSPS) is 17.6. The largest absolute Gasteiger partial charge is 0.405 e. The van der Waals surface area contributed by atoms with Crippen molar-refractivity contribution in [3.63, 3.8) is 0 Å². The molecule has 1 aliphatic heterocycles. The van der Waals surface area contributed by atoms with E-state index in [1.165, 1.54) is 17.2 Å². The number of amides is 1. The third kappa shape index (κ3) is 3.90. The van der Waals surface area contributed by atoms with E-state index in [2.05, 4.69) is 20.8 Å². The second-order valence-corrected chi connectivity index (χ2v) is 5.90. The average Bonchev–Trinajstić information content (AvgIpc) is 2.95. The molecule has 1 aliphatic rings. The van der Waals surface area contributed by atoms with Crippen molar-refractivity contribution in [3.8, 4) is 0 Å². The molecule has 1 fully saturated rings. The highest BCUT2D eigenvalue weighted by Crippen LogP contribution is 2.25. The number of rotatable bonds is 4. The van der Waals surface area contributed by atoms with Crippen molar-refractivity contribution in [3.05, 3.63) is 23.5 Å². The maximum Gasteiger partial charge on any atom is 0.405 e. The minimum Gasteiger partial charge on any atom is -0.350 e. The molecule has 1 amide bonds. The molecule has 0 aromatic carbocycles. The SMILES string of the molecule is Cc1noc2ncc(C(=O)NCC(N3CCNCC3)C(F)(F)F)cc12. The summed E-state index contributed by atoms with van der Waals surface area (Å²) >= 11 is 0. The molecule has 3 rings (SSSR count). The minimum absolute atomic E-state index is 0.167. The number of nitrogens with zero attached hydrogens (tertiary/aromatic N) is 3. The van der Waals surface area contributed by atoms with Gasteiger partial charge in [-0.15, -0.1) is 0 Å². The molecule has 1 atom stereocenters.